The van der Waals surface area contributed by atoms with Gasteiger partial charge in [0.15, 0.2) is 5.78 Å². The summed E-state index contributed by atoms with van der Waals surface area (Å²) in [6, 6.07) is 7.22. The van der Waals surface area contributed by atoms with Crippen molar-refractivity contribution in [3.63, 3.8) is 0 Å². The van der Waals surface area contributed by atoms with E-state index in [-0.39, 0.29) is 5.78 Å². The van der Waals surface area contributed by atoms with Crippen LogP contribution in [0.5, 0.6) is 0 Å². The van der Waals surface area contributed by atoms with Crippen molar-refractivity contribution in [3.05, 3.63) is 34.9 Å². The van der Waals surface area contributed by atoms with Gasteiger partial charge in [-0.2, -0.15) is 0 Å². The molecule has 0 fully saturated rings. The standard InChI is InChI=1S/C20H31ClO/c1-2-3-4-5-6-7-8-9-10-11-12-13-20(22)18-14-16-19(21)17-15-18/h14-17H,2-13H2,1H3. The van der Waals surface area contributed by atoms with Gasteiger partial charge in [0, 0.05) is 17.0 Å². The van der Waals surface area contributed by atoms with Crippen LogP contribution in [-0.2, 0) is 0 Å². The van der Waals surface area contributed by atoms with Gasteiger partial charge in [-0.1, -0.05) is 82.7 Å². The molecule has 0 saturated carbocycles. The third kappa shape index (κ3) is 9.25. The minimum atomic E-state index is 0.243. The van der Waals surface area contributed by atoms with Gasteiger partial charge in [0.05, 0.1) is 0 Å². The molecule has 0 aliphatic carbocycles. The summed E-state index contributed by atoms with van der Waals surface area (Å²) < 4.78 is 0. The van der Waals surface area contributed by atoms with Crippen molar-refractivity contribution in [2.24, 2.45) is 0 Å². The van der Waals surface area contributed by atoms with Crippen LogP contribution in [0, 0.1) is 0 Å². The zero-order valence-electron chi connectivity index (χ0n) is 14.1. The Labute approximate surface area is 141 Å². The predicted octanol–water partition coefficient (Wildman–Crippen LogP) is 7.22. The molecule has 1 nitrogen and oxygen atoms in total. The van der Waals surface area contributed by atoms with Gasteiger partial charge in [-0.3, -0.25) is 4.79 Å². The molecule has 22 heavy (non-hydrogen) atoms. The summed E-state index contributed by atoms with van der Waals surface area (Å²) in [6.45, 7) is 2.26. The van der Waals surface area contributed by atoms with Crippen molar-refractivity contribution in [2.75, 3.05) is 0 Å². The van der Waals surface area contributed by atoms with Crippen molar-refractivity contribution in [3.8, 4) is 0 Å². The van der Waals surface area contributed by atoms with Crippen molar-refractivity contribution in [2.45, 2.75) is 84.0 Å². The molecule has 0 aliphatic rings. The fraction of sp³-hybridized carbons (Fsp3) is 0.650. The summed E-state index contributed by atoms with van der Waals surface area (Å²) in [5, 5.41) is 0.686. The molecule has 0 radical (unpaired) electrons. The maximum atomic E-state index is 12.0. The molecule has 0 amide bonds. The van der Waals surface area contributed by atoms with Crippen LogP contribution in [0.15, 0.2) is 24.3 Å². The smallest absolute Gasteiger partial charge is 0.162 e. The molecule has 0 heterocycles. The highest BCUT2D eigenvalue weighted by Crippen LogP contribution is 2.15. The first kappa shape index (κ1) is 19.2. The number of Topliss-reactive ketones (excluding diaryl/α,β-unsaturated/α-hetero) is 1. The number of halogens is 1. The molecule has 0 saturated heterocycles. The van der Waals surface area contributed by atoms with Crippen molar-refractivity contribution in [1.82, 2.24) is 0 Å². The van der Waals surface area contributed by atoms with Gasteiger partial charge in [-0.25, -0.2) is 0 Å². The summed E-state index contributed by atoms with van der Waals surface area (Å²) in [4.78, 5) is 12.0. The number of hydrogen-bond donors (Lipinski definition) is 0. The second-order valence-corrected chi connectivity index (χ2v) is 6.65. The Morgan fingerprint density at radius 3 is 1.73 bits per heavy atom. The molecule has 0 aliphatic heterocycles. The van der Waals surface area contributed by atoms with Crippen LogP contribution in [-0.4, -0.2) is 5.78 Å². The van der Waals surface area contributed by atoms with E-state index in [1.807, 2.05) is 12.1 Å². The van der Waals surface area contributed by atoms with Crippen LogP contribution in [0.25, 0.3) is 0 Å². The zero-order chi connectivity index (χ0) is 16.0. The second kappa shape index (κ2) is 12.7. The summed E-state index contributed by atoms with van der Waals surface area (Å²) in [5.41, 5.74) is 0.788. The number of benzene rings is 1. The topological polar surface area (TPSA) is 17.1 Å². The molecule has 0 unspecified atom stereocenters. The Bertz CT molecular complexity index is 397. The Morgan fingerprint density at radius 1 is 0.773 bits per heavy atom. The van der Waals surface area contributed by atoms with Gasteiger partial charge in [-0.05, 0) is 30.7 Å². The molecular formula is C20H31ClO. The van der Waals surface area contributed by atoms with Crippen LogP contribution in [0.1, 0.15) is 94.3 Å². The molecule has 0 aromatic heterocycles. The average molecular weight is 323 g/mol. The SMILES string of the molecule is CCCCCCCCCCCCCC(=O)c1ccc(Cl)cc1. The van der Waals surface area contributed by atoms with E-state index in [4.69, 9.17) is 11.6 Å². The van der Waals surface area contributed by atoms with Gasteiger partial charge >= 0.3 is 0 Å². The van der Waals surface area contributed by atoms with E-state index in [0.29, 0.717) is 11.4 Å². The lowest BCUT2D eigenvalue weighted by Crippen LogP contribution is -1.98. The summed E-state index contributed by atoms with van der Waals surface area (Å²) in [6.07, 6.45) is 15.1. The normalized spacial score (nSPS) is 10.8. The van der Waals surface area contributed by atoms with Gasteiger partial charge in [0.1, 0.15) is 0 Å². The van der Waals surface area contributed by atoms with E-state index in [0.717, 1.165) is 12.0 Å². The number of carbonyl (C=O) groups excluding carboxylic acids is 1. The van der Waals surface area contributed by atoms with Crippen LogP contribution in [0.4, 0.5) is 0 Å². The van der Waals surface area contributed by atoms with E-state index < -0.39 is 0 Å². The first-order valence-corrected chi connectivity index (χ1v) is 9.40. The van der Waals surface area contributed by atoms with E-state index in [1.165, 1.54) is 64.2 Å². The lowest BCUT2D eigenvalue weighted by atomic mass is 10.0. The van der Waals surface area contributed by atoms with Crippen LogP contribution >= 0.6 is 11.6 Å². The minimum absolute atomic E-state index is 0.243. The second-order valence-electron chi connectivity index (χ2n) is 6.22. The highest BCUT2D eigenvalue weighted by atomic mass is 35.5. The lowest BCUT2D eigenvalue weighted by molar-refractivity contribution is 0.0979. The molecule has 2 heteroatoms. The zero-order valence-corrected chi connectivity index (χ0v) is 14.8. The molecule has 1 aromatic rings. The van der Waals surface area contributed by atoms with Gasteiger partial charge in [0.25, 0.3) is 0 Å². The maximum Gasteiger partial charge on any atom is 0.162 e. The number of hydrogen-bond acceptors (Lipinski definition) is 1. The molecular weight excluding hydrogens is 292 g/mol. The Hall–Kier alpha value is -0.820. The first-order valence-electron chi connectivity index (χ1n) is 9.03. The quantitative estimate of drug-likeness (QED) is 0.276. The maximum absolute atomic E-state index is 12.0. The fourth-order valence-electron chi connectivity index (χ4n) is 2.73. The van der Waals surface area contributed by atoms with Crippen LogP contribution in [0.2, 0.25) is 5.02 Å². The monoisotopic (exact) mass is 322 g/mol. The van der Waals surface area contributed by atoms with Crippen LogP contribution < -0.4 is 0 Å². The van der Waals surface area contributed by atoms with E-state index in [1.54, 1.807) is 12.1 Å². The Kier molecular flexibility index (Phi) is 11.1. The lowest BCUT2D eigenvalue weighted by Gasteiger charge is -2.03. The molecule has 0 N–H and O–H groups in total. The third-order valence-electron chi connectivity index (χ3n) is 4.17. The van der Waals surface area contributed by atoms with Gasteiger partial charge < -0.3 is 0 Å². The summed E-state index contributed by atoms with van der Waals surface area (Å²) in [7, 11) is 0. The van der Waals surface area contributed by atoms with Crippen LogP contribution in [0.3, 0.4) is 0 Å². The Balaban J connectivity index is 1.93. The number of ketones is 1. The highest BCUT2D eigenvalue weighted by molar-refractivity contribution is 6.30. The third-order valence-corrected chi connectivity index (χ3v) is 4.43. The fourth-order valence-corrected chi connectivity index (χ4v) is 2.86. The molecule has 0 atom stereocenters. The van der Waals surface area contributed by atoms with Crippen molar-refractivity contribution >= 4 is 17.4 Å². The molecule has 1 aromatic carbocycles. The molecule has 124 valence electrons. The summed E-state index contributed by atoms with van der Waals surface area (Å²) in [5.74, 6) is 0.243. The van der Waals surface area contributed by atoms with Gasteiger partial charge in [0.2, 0.25) is 0 Å². The number of carbonyl (C=O) groups is 1. The molecule has 0 bridgehead atoms. The first-order chi connectivity index (χ1) is 10.7. The Morgan fingerprint density at radius 2 is 1.23 bits per heavy atom. The summed E-state index contributed by atoms with van der Waals surface area (Å²) >= 11 is 5.83. The van der Waals surface area contributed by atoms with E-state index >= 15 is 0 Å². The van der Waals surface area contributed by atoms with Crippen molar-refractivity contribution in [1.29, 1.82) is 0 Å². The highest BCUT2D eigenvalue weighted by Gasteiger charge is 2.04. The largest absolute Gasteiger partial charge is 0.294 e. The molecule has 1 rings (SSSR count). The van der Waals surface area contributed by atoms with Gasteiger partial charge in [-0.15, -0.1) is 0 Å². The van der Waals surface area contributed by atoms with E-state index in [9.17, 15) is 4.79 Å². The predicted molar refractivity (Wildman–Crippen MR) is 96.9 cm³/mol. The minimum Gasteiger partial charge on any atom is -0.294 e. The van der Waals surface area contributed by atoms with Crippen molar-refractivity contribution < 1.29 is 4.79 Å². The van der Waals surface area contributed by atoms with E-state index in [2.05, 4.69) is 6.92 Å². The molecule has 0 spiro atoms. The number of rotatable bonds is 13. The average Bonchev–Trinajstić information content (AvgIpc) is 2.53. The number of unbranched alkanes of at least 4 members (excludes halogenated alkanes) is 10.